The number of hydrogen-bond donors (Lipinski definition) is 3. The molecule has 0 unspecified atom stereocenters. The molecule has 2 fully saturated rings. The van der Waals surface area contributed by atoms with E-state index in [9.17, 15) is 19.8 Å². The second-order valence-corrected chi connectivity index (χ2v) is 11.7. The zero-order valence-corrected chi connectivity index (χ0v) is 28.9. The van der Waals surface area contributed by atoms with Gasteiger partial charge in [0.15, 0.2) is 0 Å². The number of aliphatic hydroxyl groups excluding tert-OH is 1. The molecule has 1 saturated heterocycles. The minimum atomic E-state index is -1.10. The van der Waals surface area contributed by atoms with Crippen molar-refractivity contribution in [1.29, 1.82) is 0 Å². The Morgan fingerprint density at radius 2 is 1.23 bits per heavy atom. The molecule has 3 rings (SSSR count). The van der Waals surface area contributed by atoms with Crippen LogP contribution in [0.3, 0.4) is 0 Å². The Bertz CT molecular complexity index is 1070. The Morgan fingerprint density at radius 1 is 0.723 bits per heavy atom. The third-order valence-corrected chi connectivity index (χ3v) is 8.30. The maximum Gasteiger partial charge on any atom is 0.339 e. The van der Waals surface area contributed by atoms with Crippen LogP contribution in [0.1, 0.15) is 56.2 Å². The van der Waals surface area contributed by atoms with Gasteiger partial charge in [-0.3, -0.25) is 9.80 Å². The molecule has 0 amide bonds. The van der Waals surface area contributed by atoms with Crippen LogP contribution < -0.4 is 0 Å². The fourth-order valence-corrected chi connectivity index (χ4v) is 5.76. The van der Waals surface area contributed by atoms with Gasteiger partial charge in [-0.05, 0) is 50.7 Å². The second kappa shape index (κ2) is 23.7. The molecule has 1 aliphatic heterocycles. The molecule has 1 saturated carbocycles. The van der Waals surface area contributed by atoms with Crippen LogP contribution in [0.2, 0.25) is 0 Å². The molecule has 268 valence electrons. The number of allylic oxidation sites excluding steroid dienone is 1. The number of carbonyl (C=O) groups is 2. The summed E-state index contributed by atoms with van der Waals surface area (Å²) in [7, 11) is 0. The number of carboxylic acid groups (broad SMARTS) is 2. The van der Waals surface area contributed by atoms with Gasteiger partial charge in [-0.1, -0.05) is 37.6 Å². The van der Waals surface area contributed by atoms with Gasteiger partial charge >= 0.3 is 11.9 Å². The van der Waals surface area contributed by atoms with Gasteiger partial charge in [-0.2, -0.15) is 0 Å². The van der Waals surface area contributed by atoms with E-state index >= 15 is 0 Å². The van der Waals surface area contributed by atoms with Crippen LogP contribution in [-0.2, 0) is 33.3 Å². The van der Waals surface area contributed by atoms with Gasteiger partial charge in [0, 0.05) is 45.2 Å². The molecule has 1 aromatic carbocycles. The first-order chi connectivity index (χ1) is 22.7. The van der Waals surface area contributed by atoms with Crippen molar-refractivity contribution in [3.05, 3.63) is 40.6 Å². The molecule has 0 bridgehead atoms. The van der Waals surface area contributed by atoms with Crippen molar-refractivity contribution in [1.82, 2.24) is 9.80 Å². The van der Waals surface area contributed by atoms with Crippen LogP contribution in [0, 0.1) is 19.8 Å². The Labute approximate surface area is 280 Å². The number of carboxylic acids is 2. The maximum atomic E-state index is 12.0. The lowest BCUT2D eigenvalue weighted by Gasteiger charge is -2.34. The molecule has 1 aliphatic carbocycles. The third kappa shape index (κ3) is 15.9. The zero-order chi connectivity index (χ0) is 34.4. The van der Waals surface area contributed by atoms with E-state index in [2.05, 4.69) is 9.80 Å². The summed E-state index contributed by atoms with van der Waals surface area (Å²) < 4.78 is 27.8. The molecular weight excluding hydrogens is 608 g/mol. The maximum absolute atomic E-state index is 12.0. The normalized spacial score (nSPS) is 19.5. The van der Waals surface area contributed by atoms with Gasteiger partial charge in [0.05, 0.1) is 59.0 Å². The molecule has 47 heavy (non-hydrogen) atoms. The van der Waals surface area contributed by atoms with Gasteiger partial charge in [0.25, 0.3) is 0 Å². The number of aryl methyl sites for hydroxylation is 2. The van der Waals surface area contributed by atoms with Crippen molar-refractivity contribution in [2.24, 2.45) is 5.92 Å². The quantitative estimate of drug-likeness (QED) is 0.0989. The first-order valence-electron chi connectivity index (χ1n) is 17.1. The van der Waals surface area contributed by atoms with Gasteiger partial charge in [0.1, 0.15) is 17.9 Å². The van der Waals surface area contributed by atoms with E-state index in [1.165, 1.54) is 0 Å². The van der Waals surface area contributed by atoms with Crippen molar-refractivity contribution in [2.45, 2.75) is 59.5 Å². The Kier molecular flexibility index (Phi) is 20.5. The highest BCUT2D eigenvalue weighted by molar-refractivity contribution is 6.16. The van der Waals surface area contributed by atoms with Crippen LogP contribution in [-0.4, -0.2) is 142 Å². The molecule has 12 heteroatoms. The van der Waals surface area contributed by atoms with E-state index in [4.69, 9.17) is 28.8 Å². The number of rotatable bonds is 21. The molecular formula is C35H58N2O10. The fraction of sp³-hybridized carbons (Fsp3) is 0.714. The first kappa shape index (κ1) is 40.6. The molecule has 2 aliphatic rings. The van der Waals surface area contributed by atoms with Crippen LogP contribution in [0.5, 0.6) is 0 Å². The summed E-state index contributed by atoms with van der Waals surface area (Å²) in [6, 6.07) is 5.58. The molecule has 0 atom stereocenters. The predicted molar refractivity (Wildman–Crippen MR) is 180 cm³/mol. The zero-order valence-electron chi connectivity index (χ0n) is 28.9. The first-order valence-corrected chi connectivity index (χ1v) is 17.1. The highest BCUT2D eigenvalue weighted by Crippen LogP contribution is 2.35. The van der Waals surface area contributed by atoms with Crippen LogP contribution in [0.25, 0.3) is 5.57 Å². The lowest BCUT2D eigenvalue weighted by Crippen LogP contribution is -2.48. The van der Waals surface area contributed by atoms with Crippen LogP contribution in [0.15, 0.2) is 24.0 Å². The SMILES string of the molecule is CC.Cc1ccc(/C(C(=O)O)=C(\O)C2CCC(OCCOCCOCCN3CCN(CCOCCOCC(=O)O)CC3)CC2)c(C)c1. The van der Waals surface area contributed by atoms with E-state index in [-0.39, 0.29) is 30.0 Å². The summed E-state index contributed by atoms with van der Waals surface area (Å²) in [6.45, 7) is 17.2. The number of ether oxygens (including phenoxy) is 5. The lowest BCUT2D eigenvalue weighted by atomic mass is 9.83. The number of hydrogen-bond acceptors (Lipinski definition) is 10. The summed E-state index contributed by atoms with van der Waals surface area (Å²) in [4.78, 5) is 27.2. The predicted octanol–water partition coefficient (Wildman–Crippen LogP) is 4.03. The van der Waals surface area contributed by atoms with Crippen molar-refractivity contribution < 1.29 is 48.6 Å². The van der Waals surface area contributed by atoms with Gasteiger partial charge in [-0.25, -0.2) is 9.59 Å². The minimum absolute atomic E-state index is 0.00752. The van der Waals surface area contributed by atoms with Crippen molar-refractivity contribution in [3.63, 3.8) is 0 Å². The fourth-order valence-electron chi connectivity index (χ4n) is 5.76. The summed E-state index contributed by atoms with van der Waals surface area (Å²) in [6.07, 6.45) is 2.99. The third-order valence-electron chi connectivity index (χ3n) is 8.30. The molecule has 1 aromatic rings. The van der Waals surface area contributed by atoms with E-state index in [0.29, 0.717) is 71.3 Å². The monoisotopic (exact) mass is 666 g/mol. The number of benzene rings is 1. The molecule has 12 nitrogen and oxygen atoms in total. The topological polar surface area (TPSA) is 147 Å². The average molecular weight is 667 g/mol. The standard InChI is InChI=1S/C33H52N2O10.C2H6/c1-25-3-8-29(26(2)23-25)31(33(39)40)32(38)27-4-6-28(7-5-27)45-22-21-43-18-17-41-15-13-34-9-11-35(12-10-34)14-16-42-19-20-44-24-30(36)37;1-2/h3,8,23,27-28,38H,4-7,9-22,24H2,1-2H3,(H,36,37)(H,39,40);1-2H3/b32-31+;. The highest BCUT2D eigenvalue weighted by atomic mass is 16.5. The number of piperazine rings is 1. The van der Waals surface area contributed by atoms with E-state index in [1.54, 1.807) is 6.07 Å². The van der Waals surface area contributed by atoms with Crippen molar-refractivity contribution >= 4 is 17.5 Å². The molecule has 3 N–H and O–H groups in total. The lowest BCUT2D eigenvalue weighted by molar-refractivity contribution is -0.142. The number of aliphatic carboxylic acids is 2. The molecule has 1 heterocycles. The Balaban J connectivity index is 0.00000376. The Hall–Kier alpha value is -2.58. The summed E-state index contributed by atoms with van der Waals surface area (Å²) in [5, 5.41) is 29.3. The van der Waals surface area contributed by atoms with Crippen LogP contribution in [0.4, 0.5) is 0 Å². The highest BCUT2D eigenvalue weighted by Gasteiger charge is 2.29. The van der Waals surface area contributed by atoms with Crippen molar-refractivity contribution in [3.8, 4) is 0 Å². The smallest absolute Gasteiger partial charge is 0.339 e. The number of nitrogens with zero attached hydrogens (tertiary/aromatic N) is 2. The van der Waals surface area contributed by atoms with Gasteiger partial charge in [-0.15, -0.1) is 0 Å². The second-order valence-electron chi connectivity index (χ2n) is 11.7. The Morgan fingerprint density at radius 3 is 1.74 bits per heavy atom. The summed E-state index contributed by atoms with van der Waals surface area (Å²) >= 11 is 0. The van der Waals surface area contributed by atoms with E-state index in [1.807, 2.05) is 39.8 Å². The van der Waals surface area contributed by atoms with Gasteiger partial charge in [0.2, 0.25) is 0 Å². The minimum Gasteiger partial charge on any atom is -0.511 e. The molecule has 0 spiro atoms. The molecule has 0 aromatic heterocycles. The van der Waals surface area contributed by atoms with Gasteiger partial charge < -0.3 is 39.0 Å². The average Bonchev–Trinajstić information content (AvgIpc) is 3.06. The summed E-state index contributed by atoms with van der Waals surface area (Å²) in [5.74, 6) is -2.28. The largest absolute Gasteiger partial charge is 0.511 e. The summed E-state index contributed by atoms with van der Waals surface area (Å²) in [5.41, 5.74) is 2.48. The van der Waals surface area contributed by atoms with Crippen LogP contribution >= 0.6 is 0 Å². The number of aliphatic hydroxyl groups is 1. The van der Waals surface area contributed by atoms with E-state index < -0.39 is 11.9 Å². The van der Waals surface area contributed by atoms with Crippen molar-refractivity contribution in [2.75, 3.05) is 98.7 Å². The molecule has 0 radical (unpaired) electrons. The van der Waals surface area contributed by atoms with E-state index in [0.717, 1.165) is 63.2 Å².